The Morgan fingerprint density at radius 3 is 2.52 bits per heavy atom. The molecule has 158 valence electrons. The first-order chi connectivity index (χ1) is 15.0. The largest absolute Gasteiger partial charge is 0.508 e. The minimum atomic E-state index is -1.29. The van der Waals surface area contributed by atoms with Crippen LogP contribution in [0.4, 0.5) is 5.69 Å². The van der Waals surface area contributed by atoms with E-state index in [1.165, 1.54) is 4.90 Å². The Hall–Kier alpha value is -2.94. The highest BCUT2D eigenvalue weighted by atomic mass is 16.5. The van der Waals surface area contributed by atoms with Crippen molar-refractivity contribution in [3.05, 3.63) is 71.2 Å². The standard InChI is InChI=1S/C23H22BNO6/c26-12-14-10-18-20(23(29)25(22(18)28)15-6-2-1-3-7-15)17-11-19(31-24(30)21(14)17)13-5-4-8-16(27)9-13/h1-9,17-20,26-27,30H,10-12H2/t17-,18-,19-,20+/m0/s1. The van der Waals surface area contributed by atoms with Crippen LogP contribution in [-0.2, 0) is 14.2 Å². The van der Waals surface area contributed by atoms with Gasteiger partial charge in [0.2, 0.25) is 11.8 Å². The highest BCUT2D eigenvalue weighted by molar-refractivity contribution is 6.53. The second-order valence-electron chi connectivity index (χ2n) is 8.32. The van der Waals surface area contributed by atoms with Crippen molar-refractivity contribution in [1.29, 1.82) is 0 Å². The van der Waals surface area contributed by atoms with E-state index in [2.05, 4.69) is 0 Å². The summed E-state index contributed by atoms with van der Waals surface area (Å²) in [6, 6.07) is 15.4. The third-order valence-electron chi connectivity index (χ3n) is 6.66. The normalized spacial score (nSPS) is 28.1. The summed E-state index contributed by atoms with van der Waals surface area (Å²) in [5.74, 6) is -2.14. The predicted octanol–water partition coefficient (Wildman–Crippen LogP) is 1.99. The molecule has 0 radical (unpaired) electrons. The number of anilines is 1. The van der Waals surface area contributed by atoms with Crippen molar-refractivity contribution < 1.29 is 29.5 Å². The van der Waals surface area contributed by atoms with Gasteiger partial charge < -0.3 is 19.9 Å². The van der Waals surface area contributed by atoms with Crippen LogP contribution < -0.4 is 4.90 Å². The van der Waals surface area contributed by atoms with Crippen LogP contribution in [0.2, 0.25) is 0 Å². The molecule has 2 aliphatic heterocycles. The molecule has 5 rings (SSSR count). The third kappa shape index (κ3) is 3.19. The van der Waals surface area contributed by atoms with Crippen molar-refractivity contribution in [1.82, 2.24) is 0 Å². The molecular formula is C23H22BNO6. The number of benzene rings is 2. The molecule has 3 N–H and O–H groups in total. The van der Waals surface area contributed by atoms with Gasteiger partial charge in [0.05, 0.1) is 30.2 Å². The zero-order valence-corrected chi connectivity index (χ0v) is 16.7. The SMILES string of the molecule is O=C1[C@H]2[C@H](CC(CO)=C3B(O)O[C@H](c4cccc(O)c4)C[C@H]32)C(=O)N1c1ccccc1. The van der Waals surface area contributed by atoms with Crippen molar-refractivity contribution in [2.45, 2.75) is 18.9 Å². The third-order valence-corrected chi connectivity index (χ3v) is 6.66. The molecule has 1 aliphatic carbocycles. The van der Waals surface area contributed by atoms with E-state index in [0.717, 1.165) is 0 Å². The summed E-state index contributed by atoms with van der Waals surface area (Å²) < 4.78 is 5.82. The number of hydrogen-bond acceptors (Lipinski definition) is 6. The number of carbonyl (C=O) groups is 2. The van der Waals surface area contributed by atoms with E-state index in [1.54, 1.807) is 48.5 Å². The first kappa shape index (κ1) is 20.0. The molecule has 2 amide bonds. The van der Waals surface area contributed by atoms with Crippen molar-refractivity contribution in [2.24, 2.45) is 17.8 Å². The molecule has 0 spiro atoms. The number of aliphatic hydroxyl groups is 1. The molecule has 2 fully saturated rings. The summed E-state index contributed by atoms with van der Waals surface area (Å²) in [4.78, 5) is 27.9. The van der Waals surface area contributed by atoms with E-state index >= 15 is 0 Å². The highest BCUT2D eigenvalue weighted by Crippen LogP contribution is 2.51. The number of allylic oxidation sites excluding steroid dienone is 1. The summed E-state index contributed by atoms with van der Waals surface area (Å²) in [6.07, 6.45) is 0.0310. The molecule has 31 heavy (non-hydrogen) atoms. The Kier molecular flexibility index (Phi) is 4.93. The van der Waals surface area contributed by atoms with Gasteiger partial charge in [0, 0.05) is 0 Å². The Morgan fingerprint density at radius 2 is 1.81 bits per heavy atom. The maximum Gasteiger partial charge on any atom is 0.487 e. The van der Waals surface area contributed by atoms with Gasteiger partial charge in [0.15, 0.2) is 0 Å². The maximum atomic E-state index is 13.5. The number of carbonyl (C=O) groups excluding carboxylic acids is 2. The number of nitrogens with zero attached hydrogens (tertiary/aromatic N) is 1. The van der Waals surface area contributed by atoms with Crippen LogP contribution in [0.15, 0.2) is 65.6 Å². The first-order valence-electron chi connectivity index (χ1n) is 10.4. The maximum absolute atomic E-state index is 13.5. The molecule has 2 heterocycles. The molecule has 7 nitrogen and oxygen atoms in total. The molecule has 0 saturated carbocycles. The number of hydrogen-bond donors (Lipinski definition) is 3. The smallest absolute Gasteiger partial charge is 0.487 e. The van der Waals surface area contributed by atoms with E-state index in [0.29, 0.717) is 28.7 Å². The van der Waals surface area contributed by atoms with Crippen molar-refractivity contribution in [2.75, 3.05) is 11.5 Å². The van der Waals surface area contributed by atoms with E-state index in [9.17, 15) is 24.8 Å². The summed E-state index contributed by atoms with van der Waals surface area (Å²) >= 11 is 0. The monoisotopic (exact) mass is 419 g/mol. The number of para-hydroxylation sites is 1. The summed E-state index contributed by atoms with van der Waals surface area (Å²) in [5.41, 5.74) is 2.28. The number of imide groups is 1. The second kappa shape index (κ2) is 7.64. The molecule has 3 aliphatic rings. The van der Waals surface area contributed by atoms with E-state index in [-0.39, 0.29) is 30.6 Å². The molecule has 0 unspecified atom stereocenters. The van der Waals surface area contributed by atoms with Gasteiger partial charge in [0.25, 0.3) is 0 Å². The van der Waals surface area contributed by atoms with Gasteiger partial charge in [0.1, 0.15) is 5.75 Å². The molecule has 2 aromatic rings. The summed E-state index contributed by atoms with van der Waals surface area (Å²) in [7, 11) is -1.29. The molecular weight excluding hydrogens is 397 g/mol. The average molecular weight is 419 g/mol. The van der Waals surface area contributed by atoms with Crippen LogP contribution in [0.1, 0.15) is 24.5 Å². The number of phenolic OH excluding ortho intramolecular Hbond substituents is 1. The van der Waals surface area contributed by atoms with Gasteiger partial charge >= 0.3 is 7.12 Å². The fraction of sp³-hybridized carbons (Fsp3) is 0.304. The predicted molar refractivity (Wildman–Crippen MR) is 113 cm³/mol. The van der Waals surface area contributed by atoms with Gasteiger partial charge in [-0.3, -0.25) is 14.5 Å². The molecule has 8 heteroatoms. The molecule has 2 aromatic carbocycles. The number of amides is 2. The van der Waals surface area contributed by atoms with Gasteiger partial charge in [-0.05, 0) is 59.6 Å². The zero-order valence-electron chi connectivity index (χ0n) is 16.7. The van der Waals surface area contributed by atoms with Crippen LogP contribution in [0.5, 0.6) is 5.75 Å². The van der Waals surface area contributed by atoms with Crippen molar-refractivity contribution in [3.8, 4) is 5.75 Å². The van der Waals surface area contributed by atoms with Crippen molar-refractivity contribution in [3.63, 3.8) is 0 Å². The lowest BCUT2D eigenvalue weighted by atomic mass is 9.55. The minimum Gasteiger partial charge on any atom is -0.508 e. The quantitative estimate of drug-likeness (QED) is 0.519. The minimum absolute atomic E-state index is 0.0804. The van der Waals surface area contributed by atoms with Gasteiger partial charge in [-0.1, -0.05) is 30.3 Å². The Bertz CT molecular complexity index is 1070. The van der Waals surface area contributed by atoms with E-state index < -0.39 is 31.0 Å². The van der Waals surface area contributed by atoms with Gasteiger partial charge in [-0.25, -0.2) is 0 Å². The molecule has 0 bridgehead atoms. The Balaban J connectivity index is 1.55. The van der Waals surface area contributed by atoms with Gasteiger partial charge in [-0.15, -0.1) is 0 Å². The number of fused-ring (bicyclic) bond motifs is 3. The number of phenols is 1. The Morgan fingerprint density at radius 1 is 1.03 bits per heavy atom. The number of aliphatic hydroxyl groups excluding tert-OH is 1. The fourth-order valence-electron chi connectivity index (χ4n) is 5.33. The number of aromatic hydroxyl groups is 1. The van der Waals surface area contributed by atoms with Crippen LogP contribution in [0, 0.1) is 17.8 Å². The first-order valence-corrected chi connectivity index (χ1v) is 10.4. The van der Waals surface area contributed by atoms with Crippen LogP contribution in [0.25, 0.3) is 0 Å². The van der Waals surface area contributed by atoms with Crippen LogP contribution >= 0.6 is 0 Å². The number of rotatable bonds is 3. The van der Waals surface area contributed by atoms with Crippen LogP contribution in [0.3, 0.4) is 0 Å². The summed E-state index contributed by atoms with van der Waals surface area (Å²) in [5, 5.41) is 30.6. The lowest BCUT2D eigenvalue weighted by Crippen LogP contribution is -2.45. The highest BCUT2D eigenvalue weighted by Gasteiger charge is 2.58. The fourth-order valence-corrected chi connectivity index (χ4v) is 5.33. The molecule has 0 aromatic heterocycles. The lowest BCUT2D eigenvalue weighted by molar-refractivity contribution is -0.123. The zero-order chi connectivity index (χ0) is 21.7. The topological polar surface area (TPSA) is 107 Å². The van der Waals surface area contributed by atoms with E-state index in [4.69, 9.17) is 4.65 Å². The Labute approximate surface area is 179 Å². The lowest BCUT2D eigenvalue weighted by Gasteiger charge is -2.41. The molecule has 2 saturated heterocycles. The van der Waals surface area contributed by atoms with E-state index in [1.807, 2.05) is 6.07 Å². The summed E-state index contributed by atoms with van der Waals surface area (Å²) in [6.45, 7) is -0.306. The van der Waals surface area contributed by atoms with Crippen molar-refractivity contribution >= 4 is 24.6 Å². The van der Waals surface area contributed by atoms with Gasteiger partial charge in [-0.2, -0.15) is 0 Å². The molecule has 4 atom stereocenters. The van der Waals surface area contributed by atoms with Crippen LogP contribution in [-0.4, -0.2) is 40.8 Å². The average Bonchev–Trinajstić information content (AvgIpc) is 3.03. The second-order valence-corrected chi connectivity index (χ2v) is 8.32.